The summed E-state index contributed by atoms with van der Waals surface area (Å²) in [5.41, 5.74) is 3.17. The fourth-order valence-corrected chi connectivity index (χ4v) is 2.92. The Morgan fingerprint density at radius 1 is 0.909 bits per heavy atom. The van der Waals surface area contributed by atoms with E-state index >= 15 is 0 Å². The highest BCUT2D eigenvalue weighted by atomic mass is 15.1. The third-order valence-corrected chi connectivity index (χ3v) is 3.92. The predicted octanol–water partition coefficient (Wildman–Crippen LogP) is 4.49. The highest BCUT2D eigenvalue weighted by Gasteiger charge is 2.13. The van der Waals surface area contributed by atoms with Crippen LogP contribution in [0, 0.1) is 12.3 Å². The van der Waals surface area contributed by atoms with Gasteiger partial charge < -0.3 is 4.57 Å². The van der Waals surface area contributed by atoms with E-state index in [4.69, 9.17) is 11.4 Å². The number of hydrogen-bond acceptors (Lipinski definition) is 1. The minimum absolute atomic E-state index is 0.513. The van der Waals surface area contributed by atoms with Gasteiger partial charge in [0, 0.05) is 10.9 Å². The van der Waals surface area contributed by atoms with Crippen LogP contribution in [-0.2, 0) is 6.54 Å². The van der Waals surface area contributed by atoms with Crippen molar-refractivity contribution in [2.45, 2.75) is 6.54 Å². The quantitative estimate of drug-likeness (QED) is 0.495. The van der Waals surface area contributed by atoms with Gasteiger partial charge in [-0.15, -0.1) is 6.42 Å². The summed E-state index contributed by atoms with van der Waals surface area (Å²) in [5.74, 6) is 3.66. The Morgan fingerprint density at radius 2 is 1.68 bits per heavy atom. The van der Waals surface area contributed by atoms with Gasteiger partial charge in [-0.2, -0.15) is 0 Å². The zero-order valence-electron chi connectivity index (χ0n) is 12.0. The summed E-state index contributed by atoms with van der Waals surface area (Å²) in [6.45, 7) is 0.513. The van der Waals surface area contributed by atoms with Crippen LogP contribution >= 0.6 is 0 Å². The Morgan fingerprint density at radius 3 is 2.50 bits per heavy atom. The molecular weight excluding hydrogens is 268 g/mol. The maximum Gasteiger partial charge on any atom is 0.142 e. The molecule has 0 bridgehead atoms. The van der Waals surface area contributed by atoms with Crippen LogP contribution in [0.15, 0.2) is 66.7 Å². The number of terminal acetylenes is 1. The Bertz CT molecular complexity index is 1000. The van der Waals surface area contributed by atoms with Crippen molar-refractivity contribution in [2.75, 3.05) is 0 Å². The van der Waals surface area contributed by atoms with Gasteiger partial charge in [-0.05, 0) is 11.5 Å². The molecule has 3 aromatic carbocycles. The molecule has 2 nitrogen and oxygen atoms in total. The maximum atomic E-state index is 5.57. The molecule has 0 aliphatic heterocycles. The average molecular weight is 282 g/mol. The fourth-order valence-electron chi connectivity index (χ4n) is 2.92. The second-order valence-electron chi connectivity index (χ2n) is 5.25. The summed E-state index contributed by atoms with van der Waals surface area (Å²) >= 11 is 0. The van der Waals surface area contributed by atoms with Gasteiger partial charge in [-0.1, -0.05) is 66.6 Å². The molecule has 0 aliphatic rings. The minimum atomic E-state index is 0.513. The van der Waals surface area contributed by atoms with Gasteiger partial charge in [0.2, 0.25) is 0 Å². The molecule has 0 aliphatic carbocycles. The number of imidazole rings is 1. The van der Waals surface area contributed by atoms with E-state index in [1.54, 1.807) is 0 Å². The van der Waals surface area contributed by atoms with Crippen molar-refractivity contribution in [2.24, 2.45) is 0 Å². The van der Waals surface area contributed by atoms with Crippen molar-refractivity contribution >= 4 is 21.8 Å². The predicted molar refractivity (Wildman–Crippen MR) is 91.5 cm³/mol. The number of benzene rings is 3. The van der Waals surface area contributed by atoms with Gasteiger partial charge in [0.25, 0.3) is 0 Å². The van der Waals surface area contributed by atoms with Crippen LogP contribution in [0.4, 0.5) is 0 Å². The molecule has 0 atom stereocenters. The van der Waals surface area contributed by atoms with Gasteiger partial charge in [-0.25, -0.2) is 4.98 Å². The Hall–Kier alpha value is -3.05. The number of rotatable bonds is 2. The van der Waals surface area contributed by atoms with Crippen LogP contribution in [0.1, 0.15) is 0 Å². The smallest absolute Gasteiger partial charge is 0.142 e. The minimum Gasteiger partial charge on any atom is -0.312 e. The van der Waals surface area contributed by atoms with Gasteiger partial charge in [0.05, 0.1) is 17.6 Å². The standard InChI is InChI=1S/C20H14N2/c1-2-14-22-18-13-12-15-8-6-7-11-17(15)19(18)21-20(22)16-9-4-3-5-10-16/h1,3-13H,14H2. The van der Waals surface area contributed by atoms with E-state index in [-0.39, 0.29) is 0 Å². The van der Waals surface area contributed by atoms with E-state index in [0.717, 1.165) is 27.8 Å². The van der Waals surface area contributed by atoms with Crippen molar-refractivity contribution in [3.05, 3.63) is 66.7 Å². The lowest BCUT2D eigenvalue weighted by molar-refractivity contribution is 0.882. The number of nitrogens with zero attached hydrogens (tertiary/aromatic N) is 2. The second-order valence-corrected chi connectivity index (χ2v) is 5.25. The van der Waals surface area contributed by atoms with Gasteiger partial charge in [-0.3, -0.25) is 0 Å². The molecule has 0 saturated heterocycles. The van der Waals surface area contributed by atoms with Crippen LogP contribution in [0.3, 0.4) is 0 Å². The molecule has 1 aromatic heterocycles. The van der Waals surface area contributed by atoms with E-state index < -0.39 is 0 Å². The van der Waals surface area contributed by atoms with Gasteiger partial charge in [0.15, 0.2) is 0 Å². The maximum absolute atomic E-state index is 5.57. The zero-order chi connectivity index (χ0) is 14.9. The van der Waals surface area contributed by atoms with Gasteiger partial charge >= 0.3 is 0 Å². The van der Waals surface area contributed by atoms with Crippen molar-refractivity contribution < 1.29 is 0 Å². The second kappa shape index (κ2) is 5.05. The number of hydrogen-bond donors (Lipinski definition) is 0. The van der Waals surface area contributed by atoms with E-state index in [2.05, 4.69) is 46.9 Å². The molecule has 0 N–H and O–H groups in total. The molecular formula is C20H14N2. The lowest BCUT2D eigenvalue weighted by Crippen LogP contribution is -1.98. The summed E-state index contributed by atoms with van der Waals surface area (Å²) in [5, 5.41) is 2.35. The Kier molecular flexibility index (Phi) is 2.91. The monoisotopic (exact) mass is 282 g/mol. The highest BCUT2D eigenvalue weighted by Crippen LogP contribution is 2.29. The SMILES string of the molecule is C#CCn1c(-c2ccccc2)nc2c3ccccc3ccc21. The number of aromatic nitrogens is 2. The molecule has 0 amide bonds. The molecule has 1 heterocycles. The molecule has 4 aromatic rings. The lowest BCUT2D eigenvalue weighted by Gasteiger charge is -2.05. The molecule has 0 saturated carbocycles. The lowest BCUT2D eigenvalue weighted by atomic mass is 10.1. The van der Waals surface area contributed by atoms with Crippen LogP contribution in [0.25, 0.3) is 33.2 Å². The topological polar surface area (TPSA) is 17.8 Å². The first-order valence-electron chi connectivity index (χ1n) is 7.25. The fraction of sp³-hybridized carbons (Fsp3) is 0.0500. The van der Waals surface area contributed by atoms with Crippen molar-refractivity contribution in [1.29, 1.82) is 0 Å². The van der Waals surface area contributed by atoms with E-state index in [9.17, 15) is 0 Å². The van der Waals surface area contributed by atoms with E-state index in [1.165, 1.54) is 5.39 Å². The van der Waals surface area contributed by atoms with Crippen LogP contribution in [-0.4, -0.2) is 9.55 Å². The molecule has 0 radical (unpaired) electrons. The first-order chi connectivity index (χ1) is 10.9. The number of fused-ring (bicyclic) bond motifs is 3. The van der Waals surface area contributed by atoms with E-state index in [1.807, 2.05) is 30.3 Å². The summed E-state index contributed by atoms with van der Waals surface area (Å²) in [7, 11) is 0. The normalized spacial score (nSPS) is 10.9. The largest absolute Gasteiger partial charge is 0.312 e. The molecule has 0 spiro atoms. The molecule has 0 unspecified atom stereocenters. The van der Waals surface area contributed by atoms with Crippen molar-refractivity contribution in [3.63, 3.8) is 0 Å². The van der Waals surface area contributed by atoms with Crippen LogP contribution in [0.2, 0.25) is 0 Å². The highest BCUT2D eigenvalue weighted by molar-refractivity contribution is 6.05. The molecule has 4 rings (SSSR count). The van der Waals surface area contributed by atoms with Crippen molar-refractivity contribution in [1.82, 2.24) is 9.55 Å². The Balaban J connectivity index is 2.10. The summed E-state index contributed by atoms with van der Waals surface area (Å²) < 4.78 is 2.11. The van der Waals surface area contributed by atoms with E-state index in [0.29, 0.717) is 6.54 Å². The summed E-state index contributed by atoms with van der Waals surface area (Å²) in [6, 6.07) is 22.7. The third kappa shape index (κ3) is 1.88. The first kappa shape index (κ1) is 12.7. The van der Waals surface area contributed by atoms with Crippen molar-refractivity contribution in [3.8, 4) is 23.7 Å². The summed E-state index contributed by atoms with van der Waals surface area (Å²) in [4.78, 5) is 4.90. The van der Waals surface area contributed by atoms with Crippen LogP contribution < -0.4 is 0 Å². The third-order valence-electron chi connectivity index (χ3n) is 3.92. The summed E-state index contributed by atoms with van der Waals surface area (Å²) in [6.07, 6.45) is 5.57. The first-order valence-corrected chi connectivity index (χ1v) is 7.25. The molecule has 104 valence electrons. The molecule has 0 fully saturated rings. The van der Waals surface area contributed by atoms with Gasteiger partial charge in [0.1, 0.15) is 5.82 Å². The average Bonchev–Trinajstić information content (AvgIpc) is 2.95. The zero-order valence-corrected chi connectivity index (χ0v) is 12.0. The molecule has 22 heavy (non-hydrogen) atoms. The van der Waals surface area contributed by atoms with Crippen LogP contribution in [0.5, 0.6) is 0 Å². The Labute approximate surface area is 129 Å². The molecule has 2 heteroatoms.